The summed E-state index contributed by atoms with van der Waals surface area (Å²) in [5, 5.41) is 8.66. The molecule has 1 aromatic heterocycles. The van der Waals surface area contributed by atoms with E-state index in [1.165, 1.54) is 4.31 Å². The number of carbonyl (C=O) groups is 1. The molecule has 0 unspecified atom stereocenters. The first kappa shape index (κ1) is 16.7. The average molecular weight is 353 g/mol. The van der Waals surface area contributed by atoms with Gasteiger partial charge >= 0.3 is 5.97 Å². The second kappa shape index (κ2) is 6.62. The van der Waals surface area contributed by atoms with Gasteiger partial charge in [-0.1, -0.05) is 11.6 Å². The first-order valence-electron chi connectivity index (χ1n) is 6.51. The highest BCUT2D eigenvalue weighted by Gasteiger charge is 2.30. The van der Waals surface area contributed by atoms with Crippen LogP contribution in [0.4, 0.5) is 0 Å². The molecule has 1 fully saturated rings. The van der Waals surface area contributed by atoms with Crippen molar-refractivity contribution in [3.8, 4) is 0 Å². The molecule has 0 aromatic carbocycles. The maximum Gasteiger partial charge on any atom is 0.304 e. The number of carboxylic acids is 1. The van der Waals surface area contributed by atoms with Crippen LogP contribution < -0.4 is 0 Å². The molecule has 1 aliphatic heterocycles. The van der Waals surface area contributed by atoms with E-state index in [0.717, 1.165) is 16.9 Å². The number of carboxylic acid groups (broad SMARTS) is 1. The van der Waals surface area contributed by atoms with Crippen molar-refractivity contribution in [2.75, 3.05) is 32.7 Å². The molecular formula is C12H17ClN2O4S2. The van der Waals surface area contributed by atoms with Crippen LogP contribution >= 0.6 is 22.9 Å². The number of sulfonamides is 1. The van der Waals surface area contributed by atoms with E-state index < -0.39 is 16.0 Å². The molecule has 1 aromatic rings. The molecule has 1 N–H and O–H groups in total. The third-order valence-corrected chi connectivity index (χ3v) is 7.30. The summed E-state index contributed by atoms with van der Waals surface area (Å²) >= 11 is 7.01. The number of hydrogen-bond acceptors (Lipinski definition) is 5. The van der Waals surface area contributed by atoms with Crippen molar-refractivity contribution in [2.45, 2.75) is 17.6 Å². The molecule has 0 saturated carbocycles. The maximum absolute atomic E-state index is 12.5. The molecule has 0 spiro atoms. The Balaban J connectivity index is 1.99. The standard InChI is InChI=1S/C12H17ClN2O4S2/c1-9-8-11(20-12(9)13)21(18,19)15-6-4-14(5-7-15)3-2-10(16)17/h8H,2-7H2,1H3,(H,16,17). The van der Waals surface area contributed by atoms with E-state index in [4.69, 9.17) is 16.7 Å². The molecular weight excluding hydrogens is 336 g/mol. The van der Waals surface area contributed by atoms with Gasteiger partial charge in [-0.05, 0) is 18.6 Å². The van der Waals surface area contributed by atoms with Crippen LogP contribution in [0.2, 0.25) is 4.34 Å². The van der Waals surface area contributed by atoms with Crippen molar-refractivity contribution < 1.29 is 18.3 Å². The Kier molecular flexibility index (Phi) is 5.26. The van der Waals surface area contributed by atoms with Crippen LogP contribution in [-0.4, -0.2) is 61.4 Å². The number of hydrogen-bond donors (Lipinski definition) is 1. The van der Waals surface area contributed by atoms with Gasteiger partial charge in [-0.3, -0.25) is 4.79 Å². The summed E-state index contributed by atoms with van der Waals surface area (Å²) in [6, 6.07) is 1.60. The normalized spacial score (nSPS) is 18.0. The molecule has 0 aliphatic carbocycles. The van der Waals surface area contributed by atoms with Gasteiger partial charge < -0.3 is 10.0 Å². The van der Waals surface area contributed by atoms with E-state index in [2.05, 4.69) is 0 Å². The molecule has 0 atom stereocenters. The second-order valence-electron chi connectivity index (χ2n) is 4.91. The van der Waals surface area contributed by atoms with Gasteiger partial charge in [-0.15, -0.1) is 11.3 Å². The molecule has 0 amide bonds. The second-order valence-corrected chi connectivity index (χ2v) is 8.73. The van der Waals surface area contributed by atoms with Crippen LogP contribution in [-0.2, 0) is 14.8 Å². The summed E-state index contributed by atoms with van der Waals surface area (Å²) in [5.41, 5.74) is 0.764. The van der Waals surface area contributed by atoms with Gasteiger partial charge in [0, 0.05) is 32.7 Å². The fourth-order valence-corrected chi connectivity index (χ4v) is 5.42. The highest BCUT2D eigenvalue weighted by atomic mass is 35.5. The fraction of sp³-hybridized carbons (Fsp3) is 0.583. The summed E-state index contributed by atoms with van der Waals surface area (Å²) in [6.45, 7) is 4.07. The molecule has 2 heterocycles. The SMILES string of the molecule is Cc1cc(S(=O)(=O)N2CCN(CCC(=O)O)CC2)sc1Cl. The van der Waals surface area contributed by atoms with Crippen molar-refractivity contribution in [2.24, 2.45) is 0 Å². The Bertz CT molecular complexity index is 602. The van der Waals surface area contributed by atoms with Crippen LogP contribution in [0.3, 0.4) is 0 Å². The Labute approximate surface area is 133 Å². The quantitative estimate of drug-likeness (QED) is 0.868. The average Bonchev–Trinajstić information content (AvgIpc) is 2.77. The lowest BCUT2D eigenvalue weighted by Gasteiger charge is -2.33. The van der Waals surface area contributed by atoms with E-state index in [9.17, 15) is 13.2 Å². The number of aryl methyl sites for hydroxylation is 1. The third kappa shape index (κ3) is 3.95. The van der Waals surface area contributed by atoms with Crippen molar-refractivity contribution >= 4 is 38.9 Å². The van der Waals surface area contributed by atoms with Gasteiger partial charge in [0.05, 0.1) is 10.8 Å². The first-order chi connectivity index (χ1) is 9.80. The number of halogens is 1. The first-order valence-corrected chi connectivity index (χ1v) is 9.14. The smallest absolute Gasteiger partial charge is 0.304 e. The van der Waals surface area contributed by atoms with Crippen LogP contribution in [0.25, 0.3) is 0 Å². The van der Waals surface area contributed by atoms with E-state index in [1.54, 1.807) is 13.0 Å². The fourth-order valence-electron chi connectivity index (χ4n) is 2.13. The Morgan fingerprint density at radius 2 is 2.00 bits per heavy atom. The van der Waals surface area contributed by atoms with Gasteiger partial charge in [0.2, 0.25) is 0 Å². The molecule has 0 radical (unpaired) electrons. The molecule has 118 valence electrons. The molecule has 1 saturated heterocycles. The van der Waals surface area contributed by atoms with Crippen molar-refractivity contribution in [3.05, 3.63) is 16.0 Å². The summed E-state index contributed by atoms with van der Waals surface area (Å²) in [6.07, 6.45) is 0.0759. The summed E-state index contributed by atoms with van der Waals surface area (Å²) in [7, 11) is -3.49. The zero-order valence-corrected chi connectivity index (χ0v) is 14.0. The van der Waals surface area contributed by atoms with Gasteiger partial charge in [0.25, 0.3) is 10.0 Å². The minimum Gasteiger partial charge on any atom is -0.481 e. The predicted octanol–water partition coefficient (Wildman–Crippen LogP) is 1.49. The topological polar surface area (TPSA) is 77.9 Å². The molecule has 6 nitrogen and oxygen atoms in total. The minimum absolute atomic E-state index is 0.0759. The van der Waals surface area contributed by atoms with E-state index in [0.29, 0.717) is 37.1 Å². The van der Waals surface area contributed by atoms with Gasteiger partial charge in [-0.25, -0.2) is 8.42 Å². The summed E-state index contributed by atoms with van der Waals surface area (Å²) < 4.78 is 27.2. The van der Waals surface area contributed by atoms with Crippen LogP contribution in [0.15, 0.2) is 10.3 Å². The zero-order chi connectivity index (χ0) is 15.6. The lowest BCUT2D eigenvalue weighted by atomic mass is 10.3. The number of piperazine rings is 1. The van der Waals surface area contributed by atoms with E-state index in [-0.39, 0.29) is 10.6 Å². The molecule has 21 heavy (non-hydrogen) atoms. The monoisotopic (exact) mass is 352 g/mol. The minimum atomic E-state index is -3.49. The van der Waals surface area contributed by atoms with Gasteiger partial charge in [0.15, 0.2) is 0 Å². The maximum atomic E-state index is 12.5. The Morgan fingerprint density at radius 3 is 2.48 bits per heavy atom. The van der Waals surface area contributed by atoms with Gasteiger partial charge in [0.1, 0.15) is 4.21 Å². The van der Waals surface area contributed by atoms with Crippen molar-refractivity contribution in [1.82, 2.24) is 9.21 Å². The van der Waals surface area contributed by atoms with E-state index in [1.807, 2.05) is 4.90 Å². The van der Waals surface area contributed by atoms with Crippen molar-refractivity contribution in [3.63, 3.8) is 0 Å². The highest BCUT2D eigenvalue weighted by Crippen LogP contribution is 2.32. The number of thiophene rings is 1. The zero-order valence-electron chi connectivity index (χ0n) is 11.6. The van der Waals surface area contributed by atoms with Crippen molar-refractivity contribution in [1.29, 1.82) is 0 Å². The van der Waals surface area contributed by atoms with Gasteiger partial charge in [-0.2, -0.15) is 4.31 Å². The summed E-state index contributed by atoms with van der Waals surface area (Å²) in [5.74, 6) is -0.839. The van der Waals surface area contributed by atoms with Crippen LogP contribution in [0, 0.1) is 6.92 Å². The number of aliphatic carboxylic acids is 1. The Morgan fingerprint density at radius 1 is 1.38 bits per heavy atom. The lowest BCUT2D eigenvalue weighted by Crippen LogP contribution is -2.48. The molecule has 1 aliphatic rings. The number of nitrogens with zero attached hydrogens (tertiary/aromatic N) is 2. The lowest BCUT2D eigenvalue weighted by molar-refractivity contribution is -0.137. The van der Waals surface area contributed by atoms with Crippen LogP contribution in [0.1, 0.15) is 12.0 Å². The molecule has 0 bridgehead atoms. The highest BCUT2D eigenvalue weighted by molar-refractivity contribution is 7.91. The molecule has 2 rings (SSSR count). The summed E-state index contributed by atoms with van der Waals surface area (Å²) in [4.78, 5) is 12.5. The molecule has 9 heteroatoms. The van der Waals surface area contributed by atoms with E-state index >= 15 is 0 Å². The largest absolute Gasteiger partial charge is 0.481 e. The predicted molar refractivity (Wildman–Crippen MR) is 81.5 cm³/mol. The Hall–Kier alpha value is -0.670. The third-order valence-electron chi connectivity index (χ3n) is 3.40. The number of rotatable bonds is 5. The van der Waals surface area contributed by atoms with Crippen LogP contribution in [0.5, 0.6) is 0 Å².